The van der Waals surface area contributed by atoms with Gasteiger partial charge in [-0.05, 0) is 42.2 Å². The van der Waals surface area contributed by atoms with Gasteiger partial charge in [0.15, 0.2) is 6.61 Å². The molecule has 0 fully saturated rings. The van der Waals surface area contributed by atoms with Crippen LogP contribution < -0.4 is 10.2 Å². The fourth-order valence-electron chi connectivity index (χ4n) is 2.10. The maximum Gasteiger partial charge on any atom is 0.324 e. The summed E-state index contributed by atoms with van der Waals surface area (Å²) in [6.07, 6.45) is 1.36. The monoisotopic (exact) mass is 439 g/mol. The maximum atomic E-state index is 11.9. The van der Waals surface area contributed by atoms with E-state index in [2.05, 4.69) is 40.3 Å². The second-order valence-electron chi connectivity index (χ2n) is 5.81. The fourth-order valence-corrected chi connectivity index (χ4v) is 3.15. The number of nitro groups is 1. The van der Waals surface area contributed by atoms with E-state index in [0.29, 0.717) is 10.6 Å². The lowest BCUT2D eigenvalue weighted by molar-refractivity contribution is -0.380. The number of nitrogens with zero attached hydrogens (tertiary/aromatic N) is 2. The van der Waals surface area contributed by atoms with Crippen molar-refractivity contribution in [3.63, 3.8) is 0 Å². The molecule has 26 heavy (non-hydrogen) atoms. The Balaban J connectivity index is 1.93. The average Bonchev–Trinajstić information content (AvgIpc) is 3.04. The first-order valence-electron chi connectivity index (χ1n) is 7.77. The molecule has 1 heterocycles. The molecule has 0 unspecified atom stereocenters. The molecule has 1 aromatic heterocycles. The van der Waals surface area contributed by atoms with Crippen molar-refractivity contribution in [2.24, 2.45) is 5.10 Å². The number of benzene rings is 1. The standard InChI is InChI=1S/C17H18BrN3O4S/c1-10(2)13-7-14(18)11(3)6-15(13)25-9-16(22)20-19-8-12-4-5-17(26-12)21(23)24/h4-8,10H,9H2,1-3H3,(H,20,22)/b19-8+. The minimum absolute atomic E-state index is 0.0212. The zero-order valence-electron chi connectivity index (χ0n) is 14.5. The molecule has 0 aliphatic rings. The van der Waals surface area contributed by atoms with Crippen LogP contribution in [0.3, 0.4) is 0 Å². The van der Waals surface area contributed by atoms with Crippen LogP contribution >= 0.6 is 27.3 Å². The summed E-state index contributed by atoms with van der Waals surface area (Å²) in [4.78, 5) is 22.6. The number of aryl methyl sites for hydroxylation is 1. The van der Waals surface area contributed by atoms with Crippen LogP contribution in [0.4, 0.5) is 5.00 Å². The smallest absolute Gasteiger partial charge is 0.324 e. The highest BCUT2D eigenvalue weighted by Gasteiger charge is 2.12. The Labute approximate surface area is 163 Å². The molecule has 0 bridgehead atoms. The Morgan fingerprint density at radius 3 is 2.81 bits per heavy atom. The molecule has 2 aromatic rings. The Hall–Kier alpha value is -2.26. The second-order valence-corrected chi connectivity index (χ2v) is 7.76. The van der Waals surface area contributed by atoms with Crippen LogP contribution in [0.1, 0.15) is 35.8 Å². The molecule has 0 saturated heterocycles. The topological polar surface area (TPSA) is 93.8 Å². The van der Waals surface area contributed by atoms with Crippen LogP contribution in [-0.2, 0) is 4.79 Å². The van der Waals surface area contributed by atoms with E-state index in [1.54, 1.807) is 6.07 Å². The number of hydrogen-bond acceptors (Lipinski definition) is 6. The molecular weight excluding hydrogens is 422 g/mol. The highest BCUT2D eigenvalue weighted by atomic mass is 79.9. The van der Waals surface area contributed by atoms with Crippen molar-refractivity contribution in [2.75, 3.05) is 6.61 Å². The van der Waals surface area contributed by atoms with Gasteiger partial charge in [0, 0.05) is 10.5 Å². The summed E-state index contributed by atoms with van der Waals surface area (Å²) in [5, 5.41) is 14.4. The van der Waals surface area contributed by atoms with Crippen LogP contribution in [0, 0.1) is 17.0 Å². The van der Waals surface area contributed by atoms with Crippen molar-refractivity contribution in [3.05, 3.63) is 54.9 Å². The van der Waals surface area contributed by atoms with Crippen molar-refractivity contribution in [1.29, 1.82) is 0 Å². The molecule has 9 heteroatoms. The van der Waals surface area contributed by atoms with E-state index in [0.717, 1.165) is 26.9 Å². The molecule has 0 aliphatic heterocycles. The highest BCUT2D eigenvalue weighted by Crippen LogP contribution is 2.32. The molecule has 7 nitrogen and oxygen atoms in total. The lowest BCUT2D eigenvalue weighted by Gasteiger charge is -2.15. The number of hydrazone groups is 1. The third kappa shape index (κ3) is 5.37. The van der Waals surface area contributed by atoms with Crippen LogP contribution in [0.25, 0.3) is 0 Å². The lowest BCUT2D eigenvalue weighted by Crippen LogP contribution is -2.24. The van der Waals surface area contributed by atoms with Gasteiger partial charge in [0.1, 0.15) is 5.75 Å². The number of carbonyl (C=O) groups excluding carboxylic acids is 1. The Kier molecular flexibility index (Phi) is 6.87. The number of nitrogens with one attached hydrogen (secondary N) is 1. The minimum Gasteiger partial charge on any atom is -0.483 e. The van der Waals surface area contributed by atoms with E-state index < -0.39 is 10.8 Å². The average molecular weight is 440 g/mol. The van der Waals surface area contributed by atoms with Crippen LogP contribution in [0.15, 0.2) is 33.8 Å². The Morgan fingerprint density at radius 2 is 2.19 bits per heavy atom. The van der Waals surface area contributed by atoms with Gasteiger partial charge < -0.3 is 4.74 Å². The van der Waals surface area contributed by atoms with Gasteiger partial charge in [-0.15, -0.1) is 0 Å². The quantitative estimate of drug-likeness (QED) is 0.393. The summed E-state index contributed by atoms with van der Waals surface area (Å²) in [7, 11) is 0. The number of amides is 1. The van der Waals surface area contributed by atoms with E-state index in [9.17, 15) is 14.9 Å². The van der Waals surface area contributed by atoms with Gasteiger partial charge in [0.25, 0.3) is 5.91 Å². The zero-order valence-corrected chi connectivity index (χ0v) is 16.9. The van der Waals surface area contributed by atoms with Gasteiger partial charge in [0.05, 0.1) is 16.0 Å². The summed E-state index contributed by atoms with van der Waals surface area (Å²) in [6, 6.07) is 6.84. The van der Waals surface area contributed by atoms with Crippen molar-refractivity contribution in [1.82, 2.24) is 5.43 Å². The third-order valence-corrected chi connectivity index (χ3v) is 5.27. The fraction of sp³-hybridized carbons (Fsp3) is 0.294. The zero-order chi connectivity index (χ0) is 19.3. The number of carbonyl (C=O) groups is 1. The maximum absolute atomic E-state index is 11.9. The first-order chi connectivity index (χ1) is 12.3. The van der Waals surface area contributed by atoms with Gasteiger partial charge in [-0.25, -0.2) is 5.43 Å². The molecule has 0 spiro atoms. The minimum atomic E-state index is -0.471. The summed E-state index contributed by atoms with van der Waals surface area (Å²) in [5.74, 6) is 0.494. The largest absolute Gasteiger partial charge is 0.483 e. The normalized spacial score (nSPS) is 11.1. The van der Waals surface area contributed by atoms with E-state index >= 15 is 0 Å². The first kappa shape index (κ1) is 20.1. The molecule has 0 radical (unpaired) electrons. The third-order valence-electron chi connectivity index (χ3n) is 3.45. The summed E-state index contributed by atoms with van der Waals surface area (Å²) < 4.78 is 6.63. The SMILES string of the molecule is Cc1cc(OCC(=O)N/N=C/c2ccc([N+](=O)[O-])s2)c(C(C)C)cc1Br. The second kappa shape index (κ2) is 8.91. The van der Waals surface area contributed by atoms with Gasteiger partial charge >= 0.3 is 5.00 Å². The molecule has 0 aliphatic carbocycles. The first-order valence-corrected chi connectivity index (χ1v) is 9.38. The Bertz CT molecular complexity index is 849. The van der Waals surface area contributed by atoms with Gasteiger partial charge in [-0.3, -0.25) is 14.9 Å². The number of halogens is 1. The lowest BCUT2D eigenvalue weighted by atomic mass is 10.0. The van der Waals surface area contributed by atoms with Gasteiger partial charge in [-0.2, -0.15) is 5.10 Å². The molecule has 1 amide bonds. The molecule has 2 rings (SSSR count). The van der Waals surface area contributed by atoms with Crippen molar-refractivity contribution >= 4 is 44.4 Å². The number of ether oxygens (including phenoxy) is 1. The molecule has 0 saturated carbocycles. The Morgan fingerprint density at radius 1 is 1.46 bits per heavy atom. The molecule has 138 valence electrons. The van der Waals surface area contributed by atoms with E-state index in [-0.39, 0.29) is 17.5 Å². The van der Waals surface area contributed by atoms with Crippen LogP contribution in [-0.4, -0.2) is 23.7 Å². The summed E-state index contributed by atoms with van der Waals surface area (Å²) >= 11 is 4.48. The number of thiophene rings is 1. The predicted octanol–water partition coefficient (Wildman–Crippen LogP) is 4.38. The van der Waals surface area contributed by atoms with Gasteiger partial charge in [0.2, 0.25) is 0 Å². The molecule has 0 atom stereocenters. The summed E-state index contributed by atoms with van der Waals surface area (Å²) in [6.45, 7) is 5.87. The molecule has 1 aromatic carbocycles. The molecule has 1 N–H and O–H groups in total. The van der Waals surface area contributed by atoms with Crippen LogP contribution in [0.5, 0.6) is 5.75 Å². The van der Waals surface area contributed by atoms with Crippen molar-refractivity contribution in [3.8, 4) is 5.75 Å². The number of hydrogen-bond donors (Lipinski definition) is 1. The van der Waals surface area contributed by atoms with Crippen molar-refractivity contribution < 1.29 is 14.5 Å². The molecular formula is C17H18BrN3O4S. The predicted molar refractivity (Wildman–Crippen MR) is 105 cm³/mol. The van der Waals surface area contributed by atoms with E-state index in [1.165, 1.54) is 12.3 Å². The van der Waals surface area contributed by atoms with Gasteiger partial charge in [-0.1, -0.05) is 41.1 Å². The number of rotatable bonds is 7. The van der Waals surface area contributed by atoms with E-state index in [1.807, 2.05) is 19.1 Å². The van der Waals surface area contributed by atoms with Crippen molar-refractivity contribution in [2.45, 2.75) is 26.7 Å². The highest BCUT2D eigenvalue weighted by molar-refractivity contribution is 9.10. The van der Waals surface area contributed by atoms with E-state index in [4.69, 9.17) is 4.74 Å². The summed E-state index contributed by atoms with van der Waals surface area (Å²) in [5.41, 5.74) is 4.37. The van der Waals surface area contributed by atoms with Crippen LogP contribution in [0.2, 0.25) is 0 Å².